The number of hydrogen-bond acceptors (Lipinski definition) is 2. The summed E-state index contributed by atoms with van der Waals surface area (Å²) in [5, 5.41) is 9.58. The van der Waals surface area contributed by atoms with Crippen molar-refractivity contribution < 1.29 is 5.11 Å². The summed E-state index contributed by atoms with van der Waals surface area (Å²) in [7, 11) is 0. The van der Waals surface area contributed by atoms with Crippen LogP contribution in [0.4, 0.5) is 0 Å². The quantitative estimate of drug-likeness (QED) is 0.194. The third-order valence-electron chi connectivity index (χ3n) is 3.53. The molecule has 0 radical (unpaired) electrons. The van der Waals surface area contributed by atoms with Gasteiger partial charge in [0.15, 0.2) is 0 Å². The van der Waals surface area contributed by atoms with E-state index in [9.17, 15) is 5.11 Å². The molecule has 1 nitrogen and oxygen atoms in total. The van der Waals surface area contributed by atoms with Gasteiger partial charge in [0, 0.05) is 0 Å². The highest BCUT2D eigenvalue weighted by atomic mass is 32.1. The standard InChI is InChI=1S/C22H36OS/c1-2-3-4-5-6-7-8-9-10-11-12-13-14-15-16-17-18-19-22(23)20-21-24/h3-4,6-7,9-10,12-13,15-16,22-24H,2,5,8,11,14,17-21H2,1H3/b4-3+,7-6+,10-9+,13-12+,16-15+. The van der Waals surface area contributed by atoms with Crippen LogP contribution < -0.4 is 0 Å². The molecule has 0 fully saturated rings. The van der Waals surface area contributed by atoms with Crippen molar-refractivity contribution in [2.75, 3.05) is 5.75 Å². The lowest BCUT2D eigenvalue weighted by molar-refractivity contribution is 0.159. The van der Waals surface area contributed by atoms with Gasteiger partial charge < -0.3 is 5.11 Å². The number of unbranched alkanes of at least 4 members (excludes halogenated alkanes) is 1. The van der Waals surface area contributed by atoms with Gasteiger partial charge in [-0.2, -0.15) is 12.6 Å². The van der Waals surface area contributed by atoms with Crippen molar-refractivity contribution in [1.82, 2.24) is 0 Å². The summed E-state index contributed by atoms with van der Waals surface area (Å²) in [5.74, 6) is 0.767. The van der Waals surface area contributed by atoms with Crippen molar-refractivity contribution in [2.45, 2.75) is 70.8 Å². The van der Waals surface area contributed by atoms with Crippen LogP contribution in [0.5, 0.6) is 0 Å². The van der Waals surface area contributed by atoms with Gasteiger partial charge in [-0.25, -0.2) is 0 Å². The first-order chi connectivity index (χ1) is 11.8. The average Bonchev–Trinajstić information content (AvgIpc) is 2.58. The molecule has 0 aliphatic heterocycles. The van der Waals surface area contributed by atoms with E-state index in [2.05, 4.69) is 80.3 Å². The molecular weight excluding hydrogens is 312 g/mol. The molecule has 0 amide bonds. The summed E-state index contributed by atoms with van der Waals surface area (Å²) >= 11 is 4.13. The smallest absolute Gasteiger partial charge is 0.0548 e. The number of thiol groups is 1. The van der Waals surface area contributed by atoms with E-state index in [0.29, 0.717) is 0 Å². The summed E-state index contributed by atoms with van der Waals surface area (Å²) in [5.41, 5.74) is 0. The summed E-state index contributed by atoms with van der Waals surface area (Å²) in [6, 6.07) is 0. The first-order valence-corrected chi connectivity index (χ1v) is 9.98. The summed E-state index contributed by atoms with van der Waals surface area (Å²) in [6.45, 7) is 2.16. The van der Waals surface area contributed by atoms with Crippen molar-refractivity contribution in [2.24, 2.45) is 0 Å². The molecule has 0 saturated carbocycles. The van der Waals surface area contributed by atoms with Gasteiger partial charge in [-0.1, -0.05) is 67.7 Å². The van der Waals surface area contributed by atoms with Crippen LogP contribution in [-0.4, -0.2) is 17.0 Å². The Morgan fingerprint density at radius 3 is 1.62 bits per heavy atom. The second kappa shape index (κ2) is 20.1. The fourth-order valence-electron chi connectivity index (χ4n) is 2.13. The summed E-state index contributed by atoms with van der Waals surface area (Å²) in [4.78, 5) is 0. The minimum atomic E-state index is -0.176. The van der Waals surface area contributed by atoms with Crippen LogP contribution in [0.2, 0.25) is 0 Å². The zero-order valence-electron chi connectivity index (χ0n) is 15.3. The Morgan fingerprint density at radius 1 is 0.708 bits per heavy atom. The molecule has 0 aromatic carbocycles. The maximum Gasteiger partial charge on any atom is 0.0548 e. The van der Waals surface area contributed by atoms with Crippen LogP contribution in [-0.2, 0) is 0 Å². The molecule has 0 heterocycles. The largest absolute Gasteiger partial charge is 0.393 e. The zero-order valence-corrected chi connectivity index (χ0v) is 16.2. The molecule has 136 valence electrons. The van der Waals surface area contributed by atoms with Gasteiger partial charge >= 0.3 is 0 Å². The fourth-order valence-corrected chi connectivity index (χ4v) is 2.43. The Bertz CT molecular complexity index is 391. The minimum absolute atomic E-state index is 0.176. The Hall–Kier alpha value is -0.990. The van der Waals surface area contributed by atoms with Crippen LogP contribution >= 0.6 is 12.6 Å². The van der Waals surface area contributed by atoms with Crippen molar-refractivity contribution in [1.29, 1.82) is 0 Å². The molecule has 0 aromatic rings. The molecular formula is C22H36OS. The molecule has 1 unspecified atom stereocenters. The van der Waals surface area contributed by atoms with E-state index in [0.717, 1.165) is 63.5 Å². The summed E-state index contributed by atoms with van der Waals surface area (Å²) < 4.78 is 0. The first-order valence-electron chi connectivity index (χ1n) is 9.35. The Labute approximate surface area is 155 Å². The molecule has 0 aliphatic carbocycles. The number of allylic oxidation sites excluding steroid dienone is 10. The van der Waals surface area contributed by atoms with Gasteiger partial charge in [-0.15, -0.1) is 0 Å². The Kier molecular flexibility index (Phi) is 19.2. The van der Waals surface area contributed by atoms with Crippen LogP contribution in [0.1, 0.15) is 64.7 Å². The third kappa shape index (κ3) is 19.1. The molecule has 0 rings (SSSR count). The van der Waals surface area contributed by atoms with E-state index >= 15 is 0 Å². The Balaban J connectivity index is 3.47. The van der Waals surface area contributed by atoms with Crippen molar-refractivity contribution in [3.8, 4) is 0 Å². The molecule has 0 bridgehead atoms. The Morgan fingerprint density at radius 2 is 1.17 bits per heavy atom. The molecule has 2 heteroatoms. The van der Waals surface area contributed by atoms with Crippen LogP contribution in [0.25, 0.3) is 0 Å². The monoisotopic (exact) mass is 348 g/mol. The third-order valence-corrected chi connectivity index (χ3v) is 3.79. The van der Waals surface area contributed by atoms with Gasteiger partial charge in [-0.3, -0.25) is 0 Å². The maximum atomic E-state index is 9.58. The predicted octanol–water partition coefficient (Wildman–Crippen LogP) is 6.59. The van der Waals surface area contributed by atoms with Crippen molar-refractivity contribution >= 4 is 12.6 Å². The van der Waals surface area contributed by atoms with Crippen LogP contribution in [0.15, 0.2) is 60.8 Å². The highest BCUT2D eigenvalue weighted by Gasteiger charge is 2.00. The van der Waals surface area contributed by atoms with Crippen LogP contribution in [0.3, 0.4) is 0 Å². The molecule has 24 heavy (non-hydrogen) atoms. The maximum absolute atomic E-state index is 9.58. The normalized spacial score (nSPS) is 14.3. The highest BCUT2D eigenvalue weighted by Crippen LogP contribution is 2.06. The van der Waals surface area contributed by atoms with Crippen LogP contribution in [0, 0.1) is 0 Å². The zero-order chi connectivity index (χ0) is 17.7. The lowest BCUT2D eigenvalue weighted by atomic mass is 10.1. The van der Waals surface area contributed by atoms with Crippen molar-refractivity contribution in [3.63, 3.8) is 0 Å². The highest BCUT2D eigenvalue weighted by molar-refractivity contribution is 7.80. The molecule has 0 aromatic heterocycles. The number of aliphatic hydroxyl groups excluding tert-OH is 1. The second-order valence-corrected chi connectivity index (χ2v) is 6.25. The predicted molar refractivity (Wildman–Crippen MR) is 113 cm³/mol. The molecule has 0 aliphatic rings. The van der Waals surface area contributed by atoms with Gasteiger partial charge in [0.05, 0.1) is 6.10 Å². The topological polar surface area (TPSA) is 20.2 Å². The van der Waals surface area contributed by atoms with Crippen molar-refractivity contribution in [3.05, 3.63) is 60.8 Å². The van der Waals surface area contributed by atoms with Gasteiger partial charge in [0.2, 0.25) is 0 Å². The summed E-state index contributed by atoms with van der Waals surface area (Å²) in [6.07, 6.45) is 30.9. The first kappa shape index (κ1) is 23.0. The minimum Gasteiger partial charge on any atom is -0.393 e. The number of rotatable bonds is 15. The van der Waals surface area contributed by atoms with E-state index in [1.807, 2.05) is 0 Å². The molecule has 0 spiro atoms. The average molecular weight is 349 g/mol. The molecule has 0 saturated heterocycles. The van der Waals surface area contributed by atoms with E-state index in [4.69, 9.17) is 0 Å². The fraction of sp³-hybridized carbons (Fsp3) is 0.545. The lowest BCUT2D eigenvalue weighted by Crippen LogP contribution is -2.06. The molecule has 1 N–H and O–H groups in total. The SMILES string of the molecule is CC/C=C/C/C=C/C/C=C/C/C=C/C/C=C/CCCC(O)CCS. The van der Waals surface area contributed by atoms with E-state index in [-0.39, 0.29) is 6.10 Å². The van der Waals surface area contributed by atoms with Gasteiger partial charge in [-0.05, 0) is 63.5 Å². The van der Waals surface area contributed by atoms with E-state index < -0.39 is 0 Å². The van der Waals surface area contributed by atoms with E-state index in [1.165, 1.54) is 0 Å². The van der Waals surface area contributed by atoms with Gasteiger partial charge in [0.25, 0.3) is 0 Å². The van der Waals surface area contributed by atoms with Gasteiger partial charge in [0.1, 0.15) is 0 Å². The van der Waals surface area contributed by atoms with E-state index in [1.54, 1.807) is 0 Å². The second-order valence-electron chi connectivity index (χ2n) is 5.81. The number of aliphatic hydroxyl groups is 1. The lowest BCUT2D eigenvalue weighted by Gasteiger charge is -2.06. The molecule has 1 atom stereocenters. The number of hydrogen-bond donors (Lipinski definition) is 2.